The maximum Gasteiger partial charge on any atom is 0.323 e. The molecule has 0 unspecified atom stereocenters. The molecule has 0 aliphatic carbocycles. The summed E-state index contributed by atoms with van der Waals surface area (Å²) < 4.78 is 0. The third kappa shape index (κ3) is 3.39. The first kappa shape index (κ1) is 11.8. The molecule has 2 amide bonds. The average Bonchev–Trinajstić information content (AvgIpc) is 2.17. The number of rotatable bonds is 2. The SMILES string of the molecule is CN(CC(=O)O)C(=O)N1CCC(O)CC1. The number of aliphatic hydroxyl groups excluding tert-OH is 1. The molecule has 0 atom stereocenters. The summed E-state index contributed by atoms with van der Waals surface area (Å²) >= 11 is 0. The summed E-state index contributed by atoms with van der Waals surface area (Å²) in [6.07, 6.45) is 0.790. The molecular formula is C9H16N2O4. The van der Waals surface area contributed by atoms with Gasteiger partial charge in [0, 0.05) is 20.1 Å². The van der Waals surface area contributed by atoms with Crippen LogP contribution < -0.4 is 0 Å². The van der Waals surface area contributed by atoms with E-state index >= 15 is 0 Å². The normalized spacial score (nSPS) is 17.6. The second-order valence-electron chi connectivity index (χ2n) is 3.75. The number of carbonyl (C=O) groups is 2. The molecule has 1 heterocycles. The van der Waals surface area contributed by atoms with Gasteiger partial charge in [-0.1, -0.05) is 0 Å². The highest BCUT2D eigenvalue weighted by Gasteiger charge is 2.24. The number of carboxylic acid groups (broad SMARTS) is 1. The van der Waals surface area contributed by atoms with Crippen molar-refractivity contribution in [3.63, 3.8) is 0 Å². The van der Waals surface area contributed by atoms with E-state index in [1.807, 2.05) is 0 Å². The average molecular weight is 216 g/mol. The van der Waals surface area contributed by atoms with Gasteiger partial charge in [0.2, 0.25) is 0 Å². The molecule has 0 bridgehead atoms. The van der Waals surface area contributed by atoms with Gasteiger partial charge in [0.25, 0.3) is 0 Å². The number of aliphatic carboxylic acids is 1. The fraction of sp³-hybridized carbons (Fsp3) is 0.778. The summed E-state index contributed by atoms with van der Waals surface area (Å²) in [6, 6.07) is -0.288. The molecule has 0 radical (unpaired) electrons. The fourth-order valence-electron chi connectivity index (χ4n) is 1.57. The minimum absolute atomic E-state index is 0.288. The lowest BCUT2D eigenvalue weighted by Gasteiger charge is -2.32. The van der Waals surface area contributed by atoms with E-state index in [0.29, 0.717) is 25.9 Å². The number of likely N-dealkylation sites (tertiary alicyclic amines) is 1. The van der Waals surface area contributed by atoms with Crippen LogP contribution in [-0.4, -0.2) is 64.8 Å². The second kappa shape index (κ2) is 4.97. The number of nitrogens with zero attached hydrogens (tertiary/aromatic N) is 2. The predicted molar refractivity (Wildman–Crippen MR) is 52.5 cm³/mol. The molecule has 1 fully saturated rings. The lowest BCUT2D eigenvalue weighted by atomic mass is 10.1. The third-order valence-electron chi connectivity index (χ3n) is 2.43. The topological polar surface area (TPSA) is 81.1 Å². The number of likely N-dealkylation sites (N-methyl/N-ethyl adjacent to an activating group) is 1. The van der Waals surface area contributed by atoms with E-state index in [4.69, 9.17) is 5.11 Å². The van der Waals surface area contributed by atoms with E-state index < -0.39 is 5.97 Å². The predicted octanol–water partition coefficient (Wildman–Crippen LogP) is -0.421. The molecule has 1 rings (SSSR count). The molecule has 86 valence electrons. The summed E-state index contributed by atoms with van der Waals surface area (Å²) in [5.74, 6) is -1.03. The Bertz CT molecular complexity index is 248. The number of urea groups is 1. The van der Waals surface area contributed by atoms with Crippen molar-refractivity contribution < 1.29 is 19.8 Å². The first-order valence-electron chi connectivity index (χ1n) is 4.90. The number of amides is 2. The van der Waals surface area contributed by atoms with Gasteiger partial charge in [-0.05, 0) is 12.8 Å². The maximum absolute atomic E-state index is 11.6. The summed E-state index contributed by atoms with van der Waals surface area (Å²) in [7, 11) is 1.46. The summed E-state index contributed by atoms with van der Waals surface area (Å²) in [6.45, 7) is 0.686. The van der Waals surface area contributed by atoms with Gasteiger partial charge >= 0.3 is 12.0 Å². The first-order chi connectivity index (χ1) is 7.00. The molecule has 1 aliphatic rings. The molecule has 0 aromatic rings. The molecule has 1 saturated heterocycles. The largest absolute Gasteiger partial charge is 0.480 e. The van der Waals surface area contributed by atoms with Crippen molar-refractivity contribution >= 4 is 12.0 Å². The monoisotopic (exact) mass is 216 g/mol. The zero-order valence-corrected chi connectivity index (χ0v) is 8.72. The van der Waals surface area contributed by atoms with E-state index in [9.17, 15) is 14.7 Å². The molecule has 0 spiro atoms. The number of carboxylic acids is 1. The number of aliphatic hydroxyl groups is 1. The van der Waals surface area contributed by atoms with Gasteiger partial charge in [-0.25, -0.2) is 4.79 Å². The molecule has 2 N–H and O–H groups in total. The van der Waals surface area contributed by atoms with Crippen LogP contribution in [0.1, 0.15) is 12.8 Å². The van der Waals surface area contributed by atoms with Crippen molar-refractivity contribution in [3.8, 4) is 0 Å². The lowest BCUT2D eigenvalue weighted by Crippen LogP contribution is -2.47. The van der Waals surface area contributed by atoms with E-state index in [2.05, 4.69) is 0 Å². The van der Waals surface area contributed by atoms with Crippen molar-refractivity contribution in [3.05, 3.63) is 0 Å². The first-order valence-corrected chi connectivity index (χ1v) is 4.90. The Labute approximate surface area is 88.1 Å². The maximum atomic E-state index is 11.6. The molecule has 0 saturated carbocycles. The van der Waals surface area contributed by atoms with E-state index in [-0.39, 0.29) is 18.7 Å². The Balaban J connectivity index is 2.42. The van der Waals surface area contributed by atoms with Gasteiger partial charge in [0.1, 0.15) is 6.54 Å². The summed E-state index contributed by atoms with van der Waals surface area (Å²) in [5, 5.41) is 17.8. The summed E-state index contributed by atoms with van der Waals surface area (Å²) in [5.41, 5.74) is 0. The van der Waals surface area contributed by atoms with Crippen LogP contribution in [0.3, 0.4) is 0 Å². The standard InChI is InChI=1S/C9H16N2O4/c1-10(6-8(13)14)9(15)11-4-2-7(12)3-5-11/h7,12H,2-6H2,1H3,(H,13,14). The van der Waals surface area contributed by atoms with Gasteiger partial charge in [-0.3, -0.25) is 4.79 Å². The highest BCUT2D eigenvalue weighted by Crippen LogP contribution is 2.11. The molecule has 0 aromatic carbocycles. The van der Waals surface area contributed by atoms with Crippen molar-refractivity contribution in [1.82, 2.24) is 9.80 Å². The van der Waals surface area contributed by atoms with Crippen LogP contribution in [0.25, 0.3) is 0 Å². The van der Waals surface area contributed by atoms with E-state index in [1.54, 1.807) is 4.90 Å². The van der Waals surface area contributed by atoms with Crippen molar-refractivity contribution in [2.24, 2.45) is 0 Å². The molecular weight excluding hydrogens is 200 g/mol. The zero-order valence-electron chi connectivity index (χ0n) is 8.72. The van der Waals surface area contributed by atoms with Crippen molar-refractivity contribution in [2.75, 3.05) is 26.7 Å². The van der Waals surface area contributed by atoms with Crippen LogP contribution in [-0.2, 0) is 4.79 Å². The van der Waals surface area contributed by atoms with Crippen LogP contribution in [0.4, 0.5) is 4.79 Å². The van der Waals surface area contributed by atoms with Gasteiger partial charge < -0.3 is 20.0 Å². The molecule has 0 aromatic heterocycles. The van der Waals surface area contributed by atoms with Gasteiger partial charge in [-0.2, -0.15) is 0 Å². The minimum atomic E-state index is -1.03. The Morgan fingerprint density at radius 2 is 1.93 bits per heavy atom. The Kier molecular flexibility index (Phi) is 3.90. The lowest BCUT2D eigenvalue weighted by molar-refractivity contribution is -0.137. The van der Waals surface area contributed by atoms with E-state index in [0.717, 1.165) is 0 Å². The van der Waals surface area contributed by atoms with Crippen LogP contribution in [0.2, 0.25) is 0 Å². The molecule has 1 aliphatic heterocycles. The van der Waals surface area contributed by atoms with E-state index in [1.165, 1.54) is 11.9 Å². The summed E-state index contributed by atoms with van der Waals surface area (Å²) in [4.78, 5) is 24.8. The number of hydrogen-bond donors (Lipinski definition) is 2. The number of hydrogen-bond acceptors (Lipinski definition) is 3. The molecule has 6 nitrogen and oxygen atoms in total. The van der Waals surface area contributed by atoms with Gasteiger partial charge in [0.15, 0.2) is 0 Å². The Hall–Kier alpha value is -1.30. The van der Waals surface area contributed by atoms with Gasteiger partial charge in [0.05, 0.1) is 6.10 Å². The van der Waals surface area contributed by atoms with Crippen LogP contribution in [0.15, 0.2) is 0 Å². The molecule has 6 heteroatoms. The quantitative estimate of drug-likeness (QED) is 0.657. The Morgan fingerprint density at radius 3 is 2.40 bits per heavy atom. The number of piperidine rings is 1. The van der Waals surface area contributed by atoms with Crippen molar-refractivity contribution in [2.45, 2.75) is 18.9 Å². The smallest absolute Gasteiger partial charge is 0.323 e. The Morgan fingerprint density at radius 1 is 1.40 bits per heavy atom. The molecule has 15 heavy (non-hydrogen) atoms. The highest BCUT2D eigenvalue weighted by atomic mass is 16.4. The van der Waals surface area contributed by atoms with Crippen LogP contribution in [0, 0.1) is 0 Å². The second-order valence-corrected chi connectivity index (χ2v) is 3.75. The zero-order chi connectivity index (χ0) is 11.4. The van der Waals surface area contributed by atoms with Crippen LogP contribution in [0.5, 0.6) is 0 Å². The third-order valence-corrected chi connectivity index (χ3v) is 2.43. The van der Waals surface area contributed by atoms with Crippen molar-refractivity contribution in [1.29, 1.82) is 0 Å². The van der Waals surface area contributed by atoms with Crippen LogP contribution >= 0.6 is 0 Å². The minimum Gasteiger partial charge on any atom is -0.480 e. The highest BCUT2D eigenvalue weighted by molar-refractivity contribution is 5.79. The number of carbonyl (C=O) groups excluding carboxylic acids is 1. The van der Waals surface area contributed by atoms with Gasteiger partial charge in [-0.15, -0.1) is 0 Å². The fourth-order valence-corrected chi connectivity index (χ4v) is 1.57.